The number of nitrogens with two attached hydrogens (primary N) is 2. The summed E-state index contributed by atoms with van der Waals surface area (Å²) in [5.41, 5.74) is 14.5. The van der Waals surface area contributed by atoms with Gasteiger partial charge in [0.25, 0.3) is 0 Å². The van der Waals surface area contributed by atoms with E-state index in [9.17, 15) is 5.11 Å². The molecule has 0 saturated carbocycles. The molecule has 2 aromatic rings. The average molecular weight is 229 g/mol. The van der Waals surface area contributed by atoms with Crippen LogP contribution in [0.5, 0.6) is 5.75 Å². The molecule has 0 unspecified atom stereocenters. The van der Waals surface area contributed by atoms with Crippen molar-refractivity contribution in [2.45, 2.75) is 6.54 Å². The minimum atomic E-state index is 0.218. The van der Waals surface area contributed by atoms with E-state index >= 15 is 0 Å². The van der Waals surface area contributed by atoms with Gasteiger partial charge in [-0.15, -0.1) is 0 Å². The molecule has 2 rings (SSSR count). The highest BCUT2D eigenvalue weighted by Crippen LogP contribution is 2.23. The van der Waals surface area contributed by atoms with Crippen LogP contribution in [0, 0.1) is 0 Å². The number of hydrogen-bond donors (Lipinski definition) is 4. The smallest absolute Gasteiger partial charge is 0.138 e. The third-order valence-electron chi connectivity index (χ3n) is 2.54. The van der Waals surface area contributed by atoms with Crippen molar-refractivity contribution in [3.63, 3.8) is 0 Å². The topological polar surface area (TPSA) is 84.3 Å². The van der Waals surface area contributed by atoms with Crippen LogP contribution in [0.3, 0.4) is 0 Å². The molecule has 2 aromatic carbocycles. The Morgan fingerprint density at radius 2 is 1.82 bits per heavy atom. The lowest BCUT2D eigenvalue weighted by Gasteiger charge is -2.10. The zero-order chi connectivity index (χ0) is 12.3. The van der Waals surface area contributed by atoms with Crippen LogP contribution in [0.25, 0.3) is 0 Å². The minimum absolute atomic E-state index is 0.218. The quantitative estimate of drug-likeness (QED) is 0.480. The molecule has 0 spiro atoms. The lowest BCUT2D eigenvalue weighted by Crippen LogP contribution is -2.03. The predicted molar refractivity (Wildman–Crippen MR) is 70.7 cm³/mol. The summed E-state index contributed by atoms with van der Waals surface area (Å²) in [7, 11) is 0. The van der Waals surface area contributed by atoms with E-state index in [1.165, 1.54) is 0 Å². The van der Waals surface area contributed by atoms with Gasteiger partial charge in [0, 0.05) is 17.9 Å². The normalized spacial score (nSPS) is 10.1. The molecule has 17 heavy (non-hydrogen) atoms. The second kappa shape index (κ2) is 4.65. The van der Waals surface area contributed by atoms with Gasteiger partial charge >= 0.3 is 0 Å². The van der Waals surface area contributed by atoms with E-state index in [-0.39, 0.29) is 5.75 Å². The van der Waals surface area contributed by atoms with Crippen molar-refractivity contribution >= 4 is 17.1 Å². The Hall–Kier alpha value is -2.36. The first kappa shape index (κ1) is 11.1. The van der Waals surface area contributed by atoms with Crippen molar-refractivity contribution in [1.82, 2.24) is 0 Å². The van der Waals surface area contributed by atoms with Crippen LogP contribution < -0.4 is 16.8 Å². The van der Waals surface area contributed by atoms with Crippen molar-refractivity contribution in [1.29, 1.82) is 0 Å². The first-order valence-corrected chi connectivity index (χ1v) is 5.32. The van der Waals surface area contributed by atoms with Crippen molar-refractivity contribution in [3.05, 3.63) is 48.0 Å². The summed E-state index contributed by atoms with van der Waals surface area (Å²) in [6, 6.07) is 12.4. The fourth-order valence-electron chi connectivity index (χ4n) is 1.59. The Morgan fingerprint density at radius 3 is 2.59 bits per heavy atom. The molecular weight excluding hydrogens is 214 g/mol. The van der Waals surface area contributed by atoms with Crippen molar-refractivity contribution in [2.75, 3.05) is 16.8 Å². The van der Waals surface area contributed by atoms with Crippen LogP contribution in [0.2, 0.25) is 0 Å². The summed E-state index contributed by atoms with van der Waals surface area (Å²) in [5, 5.41) is 12.7. The Balaban J connectivity index is 2.12. The molecule has 0 bridgehead atoms. The second-order valence-electron chi connectivity index (χ2n) is 3.83. The first-order chi connectivity index (χ1) is 8.16. The van der Waals surface area contributed by atoms with E-state index in [0.29, 0.717) is 23.6 Å². The van der Waals surface area contributed by atoms with Crippen molar-refractivity contribution in [2.24, 2.45) is 0 Å². The molecule has 0 aromatic heterocycles. The van der Waals surface area contributed by atoms with Gasteiger partial charge in [-0.2, -0.15) is 0 Å². The number of nitrogen functional groups attached to an aromatic ring is 2. The molecule has 0 fully saturated rings. The fraction of sp³-hybridized carbons (Fsp3) is 0.0769. The number of aromatic hydroxyl groups is 1. The number of benzene rings is 2. The highest BCUT2D eigenvalue weighted by molar-refractivity contribution is 5.59. The number of rotatable bonds is 3. The Kier molecular flexibility index (Phi) is 3.05. The zero-order valence-corrected chi connectivity index (χ0v) is 9.35. The summed E-state index contributed by atoms with van der Waals surface area (Å²) in [6.07, 6.45) is 0. The summed E-state index contributed by atoms with van der Waals surface area (Å²) in [6.45, 7) is 0.522. The number of phenols is 1. The van der Waals surface area contributed by atoms with Crippen LogP contribution in [0.4, 0.5) is 17.1 Å². The van der Waals surface area contributed by atoms with Crippen LogP contribution >= 0.6 is 0 Å². The van der Waals surface area contributed by atoms with Gasteiger partial charge in [0.2, 0.25) is 0 Å². The maximum absolute atomic E-state index is 9.59. The van der Waals surface area contributed by atoms with Gasteiger partial charge in [0.15, 0.2) is 0 Å². The summed E-state index contributed by atoms with van der Waals surface area (Å²) < 4.78 is 0. The molecule has 0 aliphatic rings. The molecule has 0 amide bonds. The molecule has 4 heteroatoms. The van der Waals surface area contributed by atoms with Gasteiger partial charge in [0.1, 0.15) is 5.75 Å². The first-order valence-electron chi connectivity index (χ1n) is 5.32. The van der Waals surface area contributed by atoms with Gasteiger partial charge in [-0.25, -0.2) is 0 Å². The molecule has 6 N–H and O–H groups in total. The Morgan fingerprint density at radius 1 is 1.06 bits per heavy atom. The maximum atomic E-state index is 9.59. The number of nitrogens with one attached hydrogen (secondary N) is 1. The van der Waals surface area contributed by atoms with E-state index in [0.717, 1.165) is 5.56 Å². The van der Waals surface area contributed by atoms with E-state index in [1.54, 1.807) is 30.3 Å². The lowest BCUT2D eigenvalue weighted by molar-refractivity contribution is 0.477. The highest BCUT2D eigenvalue weighted by Gasteiger charge is 2.02. The summed E-state index contributed by atoms with van der Waals surface area (Å²) >= 11 is 0. The molecular formula is C13H15N3O. The van der Waals surface area contributed by atoms with Crippen LogP contribution in [0.15, 0.2) is 42.5 Å². The van der Waals surface area contributed by atoms with Crippen LogP contribution in [-0.4, -0.2) is 5.11 Å². The summed E-state index contributed by atoms with van der Waals surface area (Å²) in [5.74, 6) is 0.218. The van der Waals surface area contributed by atoms with Crippen molar-refractivity contribution in [3.8, 4) is 5.75 Å². The van der Waals surface area contributed by atoms with Gasteiger partial charge in [-0.1, -0.05) is 12.1 Å². The zero-order valence-electron chi connectivity index (χ0n) is 9.35. The van der Waals surface area contributed by atoms with E-state index in [2.05, 4.69) is 5.32 Å². The highest BCUT2D eigenvalue weighted by atomic mass is 16.3. The van der Waals surface area contributed by atoms with Crippen molar-refractivity contribution < 1.29 is 5.11 Å². The molecule has 0 atom stereocenters. The van der Waals surface area contributed by atoms with E-state index in [4.69, 9.17) is 11.5 Å². The Bertz CT molecular complexity index is 526. The molecule has 0 heterocycles. The van der Waals surface area contributed by atoms with Gasteiger partial charge in [0.05, 0.1) is 5.69 Å². The minimum Gasteiger partial charge on any atom is -0.506 e. The molecule has 0 aliphatic heterocycles. The van der Waals surface area contributed by atoms with E-state index in [1.807, 2.05) is 12.1 Å². The van der Waals surface area contributed by atoms with Gasteiger partial charge in [-0.3, -0.25) is 0 Å². The molecule has 0 aliphatic carbocycles. The molecule has 88 valence electrons. The average Bonchev–Trinajstić information content (AvgIpc) is 2.32. The second-order valence-corrected chi connectivity index (χ2v) is 3.83. The number of hydrogen-bond acceptors (Lipinski definition) is 4. The number of phenolic OH excluding ortho intramolecular Hbond substituents is 1. The SMILES string of the molecule is Nc1ccc(N)c(CNc2ccccc2O)c1. The van der Waals surface area contributed by atoms with E-state index < -0.39 is 0 Å². The fourth-order valence-corrected chi connectivity index (χ4v) is 1.59. The third kappa shape index (κ3) is 2.60. The monoisotopic (exact) mass is 229 g/mol. The largest absolute Gasteiger partial charge is 0.506 e. The standard InChI is InChI=1S/C13H15N3O/c14-10-5-6-11(15)9(7-10)8-16-12-3-1-2-4-13(12)17/h1-7,16-17H,8,14-15H2. The third-order valence-corrected chi connectivity index (χ3v) is 2.54. The molecule has 0 radical (unpaired) electrons. The van der Waals surface area contributed by atoms with Crippen LogP contribution in [-0.2, 0) is 6.54 Å². The lowest BCUT2D eigenvalue weighted by atomic mass is 10.1. The predicted octanol–water partition coefficient (Wildman–Crippen LogP) is 2.17. The van der Waals surface area contributed by atoms with Crippen LogP contribution in [0.1, 0.15) is 5.56 Å². The van der Waals surface area contributed by atoms with Gasteiger partial charge in [-0.05, 0) is 35.9 Å². The number of anilines is 3. The summed E-state index contributed by atoms with van der Waals surface area (Å²) in [4.78, 5) is 0. The molecule has 4 nitrogen and oxygen atoms in total. The maximum Gasteiger partial charge on any atom is 0.138 e. The number of para-hydroxylation sites is 2. The molecule has 0 saturated heterocycles. The Labute approximate surface area is 99.9 Å². The van der Waals surface area contributed by atoms with Gasteiger partial charge < -0.3 is 21.9 Å².